The van der Waals surface area contributed by atoms with Gasteiger partial charge in [0.1, 0.15) is 11.5 Å². The Morgan fingerprint density at radius 3 is 3.00 bits per heavy atom. The number of rotatable bonds is 4. The number of benzene rings is 2. The maximum atomic E-state index is 13.8. The van der Waals surface area contributed by atoms with Crippen LogP contribution in [0.15, 0.2) is 54.9 Å². The summed E-state index contributed by atoms with van der Waals surface area (Å²) in [5.74, 6) is -0.275. The lowest BCUT2D eigenvalue weighted by molar-refractivity contribution is 0.611. The first kappa shape index (κ1) is 15.8. The molecule has 0 atom stereocenters. The summed E-state index contributed by atoms with van der Waals surface area (Å²) in [6.45, 7) is 2.66. The van der Waals surface area contributed by atoms with E-state index >= 15 is 0 Å². The minimum Gasteiger partial charge on any atom is -0.381 e. The molecule has 2 aromatic carbocycles. The van der Waals surface area contributed by atoms with Gasteiger partial charge in [0, 0.05) is 30.5 Å². The molecule has 0 aliphatic carbocycles. The predicted molar refractivity (Wildman–Crippen MR) is 97.3 cm³/mol. The van der Waals surface area contributed by atoms with Crippen molar-refractivity contribution >= 4 is 5.69 Å². The molecule has 1 aromatic heterocycles. The SMILES string of the molecule is Fc1ccccc1-n1cc(CNc2ccc3c(c2)CNCCC3)cn1. The smallest absolute Gasteiger partial charge is 0.148 e. The van der Waals surface area contributed by atoms with Crippen molar-refractivity contribution in [3.05, 3.63) is 77.4 Å². The Balaban J connectivity index is 1.46. The molecule has 0 radical (unpaired) electrons. The number of aromatic nitrogens is 2. The van der Waals surface area contributed by atoms with E-state index in [4.69, 9.17) is 0 Å². The van der Waals surface area contributed by atoms with Gasteiger partial charge in [-0.1, -0.05) is 18.2 Å². The van der Waals surface area contributed by atoms with E-state index in [2.05, 4.69) is 33.9 Å². The van der Waals surface area contributed by atoms with Crippen LogP contribution in [0.2, 0.25) is 0 Å². The van der Waals surface area contributed by atoms with Crippen molar-refractivity contribution in [2.45, 2.75) is 25.9 Å². The van der Waals surface area contributed by atoms with E-state index in [0.29, 0.717) is 12.2 Å². The summed E-state index contributed by atoms with van der Waals surface area (Å²) in [6.07, 6.45) is 5.95. The molecule has 0 unspecified atom stereocenters. The summed E-state index contributed by atoms with van der Waals surface area (Å²) in [7, 11) is 0. The number of nitrogens with one attached hydrogen (secondary N) is 2. The van der Waals surface area contributed by atoms with Crippen LogP contribution in [0.1, 0.15) is 23.1 Å². The lowest BCUT2D eigenvalue weighted by atomic mass is 10.0. The summed E-state index contributed by atoms with van der Waals surface area (Å²) in [6, 6.07) is 13.2. The van der Waals surface area contributed by atoms with Crippen molar-refractivity contribution < 1.29 is 4.39 Å². The molecule has 0 amide bonds. The largest absolute Gasteiger partial charge is 0.381 e. The highest BCUT2D eigenvalue weighted by atomic mass is 19.1. The van der Waals surface area contributed by atoms with E-state index < -0.39 is 0 Å². The molecule has 1 aliphatic heterocycles. The minimum atomic E-state index is -0.275. The summed E-state index contributed by atoms with van der Waals surface area (Å²) in [5, 5.41) is 11.2. The van der Waals surface area contributed by atoms with E-state index in [0.717, 1.165) is 30.8 Å². The van der Waals surface area contributed by atoms with Crippen LogP contribution in [-0.4, -0.2) is 16.3 Å². The first-order valence-corrected chi connectivity index (χ1v) is 8.64. The molecule has 25 heavy (non-hydrogen) atoms. The van der Waals surface area contributed by atoms with Gasteiger partial charge in [-0.25, -0.2) is 9.07 Å². The zero-order valence-electron chi connectivity index (χ0n) is 14.0. The summed E-state index contributed by atoms with van der Waals surface area (Å²) < 4.78 is 15.4. The molecule has 4 nitrogen and oxygen atoms in total. The van der Waals surface area contributed by atoms with E-state index in [-0.39, 0.29) is 5.82 Å². The van der Waals surface area contributed by atoms with E-state index in [1.54, 1.807) is 23.0 Å². The Kier molecular flexibility index (Phi) is 4.48. The fourth-order valence-corrected chi connectivity index (χ4v) is 3.20. The highest BCUT2D eigenvalue weighted by molar-refractivity contribution is 5.49. The van der Waals surface area contributed by atoms with Gasteiger partial charge in [-0.15, -0.1) is 0 Å². The first-order valence-electron chi connectivity index (χ1n) is 8.64. The number of fused-ring (bicyclic) bond motifs is 1. The highest BCUT2D eigenvalue weighted by Crippen LogP contribution is 2.20. The van der Waals surface area contributed by atoms with Crippen molar-refractivity contribution in [3.8, 4) is 5.69 Å². The van der Waals surface area contributed by atoms with Gasteiger partial charge in [-0.05, 0) is 54.8 Å². The predicted octanol–water partition coefficient (Wildman–Crippen LogP) is 3.66. The van der Waals surface area contributed by atoms with Gasteiger partial charge in [0.2, 0.25) is 0 Å². The summed E-state index contributed by atoms with van der Waals surface area (Å²) in [4.78, 5) is 0. The van der Waals surface area contributed by atoms with Crippen LogP contribution >= 0.6 is 0 Å². The molecule has 0 spiro atoms. The Hall–Kier alpha value is -2.66. The number of anilines is 1. The lowest BCUT2D eigenvalue weighted by Crippen LogP contribution is -2.12. The molecule has 0 saturated heterocycles. The number of hydrogen-bond acceptors (Lipinski definition) is 3. The second-order valence-electron chi connectivity index (χ2n) is 6.36. The molecule has 128 valence electrons. The summed E-state index contributed by atoms with van der Waals surface area (Å²) >= 11 is 0. The normalized spacial score (nSPS) is 14.0. The zero-order chi connectivity index (χ0) is 17.1. The molecule has 1 aliphatic rings. The third kappa shape index (κ3) is 3.56. The maximum Gasteiger partial charge on any atom is 0.148 e. The Labute approximate surface area is 146 Å². The third-order valence-corrected chi connectivity index (χ3v) is 4.55. The number of hydrogen-bond donors (Lipinski definition) is 2. The van der Waals surface area contributed by atoms with Crippen LogP contribution < -0.4 is 10.6 Å². The van der Waals surface area contributed by atoms with Crippen LogP contribution in [-0.2, 0) is 19.5 Å². The number of nitrogens with zero attached hydrogens (tertiary/aromatic N) is 2. The van der Waals surface area contributed by atoms with Crippen molar-refractivity contribution in [3.63, 3.8) is 0 Å². The minimum absolute atomic E-state index is 0.275. The molecule has 3 aromatic rings. The molecular weight excluding hydrogens is 315 g/mol. The first-order chi connectivity index (χ1) is 12.3. The van der Waals surface area contributed by atoms with Gasteiger partial charge in [0.05, 0.1) is 6.20 Å². The Morgan fingerprint density at radius 2 is 2.08 bits per heavy atom. The van der Waals surface area contributed by atoms with Crippen molar-refractivity contribution in [2.75, 3.05) is 11.9 Å². The van der Waals surface area contributed by atoms with E-state index in [1.165, 1.54) is 23.6 Å². The molecule has 5 heteroatoms. The number of aryl methyl sites for hydroxylation is 1. The van der Waals surface area contributed by atoms with Gasteiger partial charge in [-0.3, -0.25) is 0 Å². The van der Waals surface area contributed by atoms with Crippen LogP contribution in [0, 0.1) is 5.82 Å². The average Bonchev–Trinajstić information content (AvgIpc) is 2.97. The fourth-order valence-electron chi connectivity index (χ4n) is 3.20. The molecule has 0 bridgehead atoms. The standard InChI is InChI=1S/C20H21FN4/c21-19-5-1-2-6-20(19)25-14-15(12-24-25)11-23-18-8-7-16-4-3-9-22-13-17(16)10-18/h1-2,5-8,10,12,14,22-23H,3-4,9,11,13H2. The molecule has 2 heterocycles. The third-order valence-electron chi connectivity index (χ3n) is 4.55. The molecule has 2 N–H and O–H groups in total. The molecule has 4 rings (SSSR count). The fraction of sp³-hybridized carbons (Fsp3) is 0.250. The zero-order valence-corrected chi connectivity index (χ0v) is 14.0. The van der Waals surface area contributed by atoms with Gasteiger partial charge in [0.15, 0.2) is 0 Å². The van der Waals surface area contributed by atoms with Gasteiger partial charge < -0.3 is 10.6 Å². The van der Waals surface area contributed by atoms with Gasteiger partial charge in [0.25, 0.3) is 0 Å². The van der Waals surface area contributed by atoms with E-state index in [1.807, 2.05) is 12.3 Å². The Bertz CT molecular complexity index is 872. The molecule has 0 saturated carbocycles. The monoisotopic (exact) mass is 336 g/mol. The van der Waals surface area contributed by atoms with Gasteiger partial charge >= 0.3 is 0 Å². The van der Waals surface area contributed by atoms with Crippen LogP contribution in [0.25, 0.3) is 5.69 Å². The average molecular weight is 336 g/mol. The second-order valence-corrected chi connectivity index (χ2v) is 6.36. The number of halogens is 1. The van der Waals surface area contributed by atoms with E-state index in [9.17, 15) is 4.39 Å². The lowest BCUT2D eigenvalue weighted by Gasteiger charge is -2.10. The van der Waals surface area contributed by atoms with Crippen LogP contribution in [0.4, 0.5) is 10.1 Å². The summed E-state index contributed by atoms with van der Waals surface area (Å²) in [5.41, 5.74) is 5.37. The van der Waals surface area contributed by atoms with Crippen molar-refractivity contribution in [1.82, 2.24) is 15.1 Å². The Morgan fingerprint density at radius 1 is 1.16 bits per heavy atom. The quantitative estimate of drug-likeness (QED) is 0.764. The van der Waals surface area contributed by atoms with Crippen molar-refractivity contribution in [1.29, 1.82) is 0 Å². The highest BCUT2D eigenvalue weighted by Gasteiger charge is 2.09. The second kappa shape index (κ2) is 7.07. The maximum absolute atomic E-state index is 13.8. The molecule has 0 fully saturated rings. The van der Waals surface area contributed by atoms with Crippen molar-refractivity contribution in [2.24, 2.45) is 0 Å². The van der Waals surface area contributed by atoms with Crippen LogP contribution in [0.3, 0.4) is 0 Å². The van der Waals surface area contributed by atoms with Crippen LogP contribution in [0.5, 0.6) is 0 Å². The van der Waals surface area contributed by atoms with Gasteiger partial charge in [-0.2, -0.15) is 5.10 Å². The number of para-hydroxylation sites is 1. The molecular formula is C20H21FN4. The topological polar surface area (TPSA) is 41.9 Å².